The molecule has 0 aliphatic carbocycles. The van der Waals surface area contributed by atoms with Gasteiger partial charge in [-0.25, -0.2) is 4.98 Å². The fourth-order valence-corrected chi connectivity index (χ4v) is 2.29. The smallest absolute Gasteiger partial charge is 0.148 e. The van der Waals surface area contributed by atoms with Crippen molar-refractivity contribution in [1.29, 1.82) is 5.26 Å². The normalized spacial score (nSPS) is 11.4. The summed E-state index contributed by atoms with van der Waals surface area (Å²) >= 11 is 0. The predicted molar refractivity (Wildman–Crippen MR) is 74.4 cm³/mol. The van der Waals surface area contributed by atoms with Crippen molar-refractivity contribution in [2.75, 3.05) is 0 Å². The molecular weight excluding hydrogens is 220 g/mol. The van der Waals surface area contributed by atoms with Crippen molar-refractivity contribution >= 4 is 10.8 Å². The van der Waals surface area contributed by atoms with Gasteiger partial charge in [-0.2, -0.15) is 5.26 Å². The summed E-state index contributed by atoms with van der Waals surface area (Å²) < 4.78 is 0. The maximum absolute atomic E-state index is 9.13. The van der Waals surface area contributed by atoms with Crippen LogP contribution in [-0.2, 0) is 5.41 Å². The number of pyridine rings is 1. The molecular formula is C16H18N2. The molecule has 92 valence electrons. The molecule has 1 heterocycles. The van der Waals surface area contributed by atoms with Crippen molar-refractivity contribution in [3.63, 3.8) is 0 Å². The van der Waals surface area contributed by atoms with Gasteiger partial charge in [0.1, 0.15) is 11.8 Å². The van der Waals surface area contributed by atoms with Crippen molar-refractivity contribution in [1.82, 2.24) is 4.98 Å². The first-order valence-corrected chi connectivity index (χ1v) is 6.44. The van der Waals surface area contributed by atoms with Crippen LogP contribution < -0.4 is 0 Å². The van der Waals surface area contributed by atoms with E-state index in [1.807, 2.05) is 6.07 Å². The van der Waals surface area contributed by atoms with Gasteiger partial charge in [0, 0.05) is 11.6 Å². The van der Waals surface area contributed by atoms with E-state index < -0.39 is 0 Å². The molecule has 0 spiro atoms. The highest BCUT2D eigenvalue weighted by Crippen LogP contribution is 2.33. The highest BCUT2D eigenvalue weighted by Gasteiger charge is 2.22. The van der Waals surface area contributed by atoms with Crippen molar-refractivity contribution < 1.29 is 0 Å². The Hall–Kier alpha value is -1.88. The summed E-state index contributed by atoms with van der Waals surface area (Å²) in [7, 11) is 0. The third-order valence-corrected chi connectivity index (χ3v) is 4.13. The van der Waals surface area contributed by atoms with Crippen molar-refractivity contribution in [3.05, 3.63) is 41.7 Å². The topological polar surface area (TPSA) is 36.7 Å². The molecule has 0 aliphatic heterocycles. The quantitative estimate of drug-likeness (QED) is 0.804. The van der Waals surface area contributed by atoms with Crippen LogP contribution in [0.5, 0.6) is 0 Å². The second-order valence-corrected chi connectivity index (χ2v) is 4.98. The molecule has 0 unspecified atom stereocenters. The largest absolute Gasteiger partial charge is 0.245 e. The molecule has 0 saturated carbocycles. The van der Waals surface area contributed by atoms with Crippen LogP contribution >= 0.6 is 0 Å². The van der Waals surface area contributed by atoms with E-state index in [0.29, 0.717) is 5.69 Å². The summed E-state index contributed by atoms with van der Waals surface area (Å²) in [6, 6.07) is 10.5. The van der Waals surface area contributed by atoms with Crippen molar-refractivity contribution in [2.24, 2.45) is 0 Å². The van der Waals surface area contributed by atoms with Crippen LogP contribution in [0.4, 0.5) is 0 Å². The predicted octanol–water partition coefficient (Wildman–Crippen LogP) is 4.18. The van der Waals surface area contributed by atoms with Crippen LogP contribution in [0.3, 0.4) is 0 Å². The standard InChI is InChI=1S/C16H18N2/c1-4-16(3,5-2)13-7-6-12-8-9-18-15(11-17)14(12)10-13/h6-10H,4-5H2,1-3H3. The number of fused-ring (bicyclic) bond motifs is 1. The third kappa shape index (κ3) is 1.97. The lowest BCUT2D eigenvalue weighted by Crippen LogP contribution is -2.19. The van der Waals surface area contributed by atoms with Gasteiger partial charge in [-0.15, -0.1) is 0 Å². The first-order valence-electron chi connectivity index (χ1n) is 6.44. The Morgan fingerprint density at radius 2 is 1.94 bits per heavy atom. The number of hydrogen-bond donors (Lipinski definition) is 0. The van der Waals surface area contributed by atoms with Crippen LogP contribution in [-0.4, -0.2) is 4.98 Å². The van der Waals surface area contributed by atoms with Crippen molar-refractivity contribution in [3.8, 4) is 6.07 Å². The second-order valence-electron chi connectivity index (χ2n) is 4.98. The lowest BCUT2D eigenvalue weighted by Gasteiger charge is -2.27. The number of nitriles is 1. The van der Waals surface area contributed by atoms with E-state index in [9.17, 15) is 0 Å². The Morgan fingerprint density at radius 1 is 1.22 bits per heavy atom. The average Bonchev–Trinajstić information content (AvgIpc) is 2.45. The monoisotopic (exact) mass is 238 g/mol. The minimum atomic E-state index is 0.177. The van der Waals surface area contributed by atoms with Crippen LogP contribution in [0, 0.1) is 11.3 Å². The van der Waals surface area contributed by atoms with Gasteiger partial charge in [0.25, 0.3) is 0 Å². The number of aromatic nitrogens is 1. The van der Waals surface area contributed by atoms with Crippen LogP contribution in [0.25, 0.3) is 10.8 Å². The summed E-state index contributed by atoms with van der Waals surface area (Å²) in [6.07, 6.45) is 3.88. The molecule has 2 rings (SSSR count). The molecule has 0 amide bonds. The van der Waals surface area contributed by atoms with E-state index in [1.54, 1.807) is 6.20 Å². The maximum atomic E-state index is 9.13. The van der Waals surface area contributed by atoms with Gasteiger partial charge < -0.3 is 0 Å². The van der Waals surface area contributed by atoms with Gasteiger partial charge in [-0.1, -0.05) is 32.9 Å². The molecule has 1 aromatic heterocycles. The summed E-state index contributed by atoms with van der Waals surface area (Å²) in [4.78, 5) is 4.14. The van der Waals surface area contributed by atoms with E-state index in [0.717, 1.165) is 23.6 Å². The average molecular weight is 238 g/mol. The van der Waals surface area contributed by atoms with E-state index in [2.05, 4.69) is 50.0 Å². The Balaban J connectivity index is 2.67. The molecule has 0 bridgehead atoms. The molecule has 0 aliphatic rings. The van der Waals surface area contributed by atoms with E-state index in [1.165, 1.54) is 5.56 Å². The summed E-state index contributed by atoms with van der Waals surface area (Å²) in [6.45, 7) is 6.70. The maximum Gasteiger partial charge on any atom is 0.148 e. The molecule has 0 atom stereocenters. The number of nitrogens with zero attached hydrogens (tertiary/aromatic N) is 2. The summed E-state index contributed by atoms with van der Waals surface area (Å²) in [5.74, 6) is 0. The molecule has 0 radical (unpaired) electrons. The Labute approximate surface area is 108 Å². The first-order chi connectivity index (χ1) is 8.64. The number of hydrogen-bond acceptors (Lipinski definition) is 2. The summed E-state index contributed by atoms with van der Waals surface area (Å²) in [5, 5.41) is 11.2. The minimum Gasteiger partial charge on any atom is -0.245 e. The molecule has 0 saturated heterocycles. The lowest BCUT2D eigenvalue weighted by molar-refractivity contribution is 0.439. The van der Waals surface area contributed by atoms with Gasteiger partial charge in [0.05, 0.1) is 0 Å². The third-order valence-electron chi connectivity index (χ3n) is 4.13. The first kappa shape index (κ1) is 12.6. The molecule has 0 fully saturated rings. The Kier molecular flexibility index (Phi) is 3.34. The zero-order valence-electron chi connectivity index (χ0n) is 11.2. The fraction of sp³-hybridized carbons (Fsp3) is 0.375. The van der Waals surface area contributed by atoms with Crippen LogP contribution in [0.2, 0.25) is 0 Å². The Morgan fingerprint density at radius 3 is 2.56 bits per heavy atom. The van der Waals surface area contributed by atoms with E-state index in [4.69, 9.17) is 5.26 Å². The molecule has 18 heavy (non-hydrogen) atoms. The Bertz CT molecular complexity index is 604. The molecule has 0 N–H and O–H groups in total. The fourth-order valence-electron chi connectivity index (χ4n) is 2.29. The molecule has 2 heteroatoms. The van der Waals surface area contributed by atoms with Crippen LogP contribution in [0.1, 0.15) is 44.9 Å². The molecule has 1 aromatic carbocycles. The van der Waals surface area contributed by atoms with Gasteiger partial charge in [-0.3, -0.25) is 0 Å². The minimum absolute atomic E-state index is 0.177. The van der Waals surface area contributed by atoms with Crippen molar-refractivity contribution in [2.45, 2.75) is 39.0 Å². The lowest BCUT2D eigenvalue weighted by atomic mass is 9.77. The SMILES string of the molecule is CCC(C)(CC)c1ccc2ccnc(C#N)c2c1. The summed E-state index contributed by atoms with van der Waals surface area (Å²) in [5.41, 5.74) is 1.99. The highest BCUT2D eigenvalue weighted by atomic mass is 14.7. The highest BCUT2D eigenvalue weighted by molar-refractivity contribution is 5.87. The number of rotatable bonds is 3. The van der Waals surface area contributed by atoms with Gasteiger partial charge in [0.15, 0.2) is 0 Å². The zero-order valence-corrected chi connectivity index (χ0v) is 11.2. The van der Waals surface area contributed by atoms with E-state index >= 15 is 0 Å². The number of benzene rings is 1. The molecule has 2 aromatic rings. The van der Waals surface area contributed by atoms with E-state index in [-0.39, 0.29) is 5.41 Å². The van der Waals surface area contributed by atoms with Gasteiger partial charge >= 0.3 is 0 Å². The van der Waals surface area contributed by atoms with Gasteiger partial charge in [0.2, 0.25) is 0 Å². The van der Waals surface area contributed by atoms with Gasteiger partial charge in [-0.05, 0) is 41.3 Å². The second kappa shape index (κ2) is 4.78. The van der Waals surface area contributed by atoms with Crippen LogP contribution in [0.15, 0.2) is 30.5 Å². The zero-order chi connectivity index (χ0) is 13.2. The molecule has 2 nitrogen and oxygen atoms in total.